The molecule has 0 spiro atoms. The zero-order valence-electron chi connectivity index (χ0n) is 11.0. The number of hydrogen-bond donors (Lipinski definition) is 0. The van der Waals surface area contributed by atoms with Crippen molar-refractivity contribution in [3.8, 4) is 0 Å². The molecule has 0 aliphatic heterocycles. The van der Waals surface area contributed by atoms with E-state index in [0.717, 1.165) is 12.0 Å². The lowest BCUT2D eigenvalue weighted by Crippen LogP contribution is -2.42. The van der Waals surface area contributed by atoms with E-state index in [2.05, 4.69) is 6.92 Å². The fourth-order valence-corrected chi connectivity index (χ4v) is 2.94. The van der Waals surface area contributed by atoms with Gasteiger partial charge in [0, 0.05) is 23.7 Å². The van der Waals surface area contributed by atoms with E-state index in [-0.39, 0.29) is 5.91 Å². The first-order valence-electron chi connectivity index (χ1n) is 6.62. The number of benzene rings is 1. The molecule has 0 aromatic heterocycles. The van der Waals surface area contributed by atoms with E-state index in [1.807, 2.05) is 11.9 Å². The fourth-order valence-electron chi connectivity index (χ4n) is 2.82. The van der Waals surface area contributed by atoms with Crippen molar-refractivity contribution in [3.05, 3.63) is 34.9 Å². The molecular weight excluding hydrogens is 246 g/mol. The molecule has 1 saturated carbocycles. The van der Waals surface area contributed by atoms with Crippen molar-refractivity contribution in [2.24, 2.45) is 5.92 Å². The van der Waals surface area contributed by atoms with Gasteiger partial charge >= 0.3 is 0 Å². The Hall–Kier alpha value is -1.02. The van der Waals surface area contributed by atoms with E-state index in [4.69, 9.17) is 11.6 Å². The molecule has 2 unspecified atom stereocenters. The van der Waals surface area contributed by atoms with Gasteiger partial charge in [-0.15, -0.1) is 0 Å². The Bertz CT molecular complexity index is 415. The molecule has 2 atom stereocenters. The summed E-state index contributed by atoms with van der Waals surface area (Å²) in [4.78, 5) is 14.3. The molecule has 0 radical (unpaired) electrons. The highest BCUT2D eigenvalue weighted by atomic mass is 35.5. The standard InChI is InChI=1S/C15H20ClNO/c1-11-5-3-4-6-14(11)17(2)15(18)12-7-9-13(16)10-8-12/h7-11,14H,3-6H2,1-2H3. The predicted molar refractivity (Wildman–Crippen MR) is 75.0 cm³/mol. The molecule has 0 saturated heterocycles. The lowest BCUT2D eigenvalue weighted by Gasteiger charge is -2.36. The first-order valence-corrected chi connectivity index (χ1v) is 7.00. The van der Waals surface area contributed by atoms with Gasteiger partial charge in [0.1, 0.15) is 0 Å². The molecule has 1 aliphatic carbocycles. The van der Waals surface area contributed by atoms with Crippen LogP contribution in [0.25, 0.3) is 0 Å². The minimum atomic E-state index is 0.102. The second-order valence-corrected chi connectivity index (χ2v) is 5.69. The van der Waals surface area contributed by atoms with Gasteiger partial charge in [-0.25, -0.2) is 0 Å². The van der Waals surface area contributed by atoms with Gasteiger partial charge in [0.05, 0.1) is 0 Å². The molecule has 0 bridgehead atoms. The van der Waals surface area contributed by atoms with Crippen molar-refractivity contribution in [3.63, 3.8) is 0 Å². The predicted octanol–water partition coefficient (Wildman–Crippen LogP) is 3.99. The van der Waals surface area contributed by atoms with Crippen molar-refractivity contribution >= 4 is 17.5 Å². The van der Waals surface area contributed by atoms with E-state index in [1.165, 1.54) is 19.3 Å². The lowest BCUT2D eigenvalue weighted by atomic mass is 9.85. The van der Waals surface area contributed by atoms with Crippen molar-refractivity contribution < 1.29 is 4.79 Å². The molecule has 1 aromatic carbocycles. The number of rotatable bonds is 2. The number of amides is 1. The highest BCUT2D eigenvalue weighted by Gasteiger charge is 2.28. The summed E-state index contributed by atoms with van der Waals surface area (Å²) in [6.07, 6.45) is 4.87. The number of hydrogen-bond acceptors (Lipinski definition) is 1. The number of halogens is 1. The molecule has 1 fully saturated rings. The van der Waals surface area contributed by atoms with Gasteiger partial charge in [-0.1, -0.05) is 31.4 Å². The second-order valence-electron chi connectivity index (χ2n) is 5.25. The molecular formula is C15H20ClNO. The summed E-state index contributed by atoms with van der Waals surface area (Å²) in [6, 6.07) is 7.52. The van der Waals surface area contributed by atoms with Crippen molar-refractivity contribution in [1.29, 1.82) is 0 Å². The summed E-state index contributed by atoms with van der Waals surface area (Å²) in [5.74, 6) is 0.699. The van der Waals surface area contributed by atoms with Crippen molar-refractivity contribution in [1.82, 2.24) is 4.90 Å². The summed E-state index contributed by atoms with van der Waals surface area (Å²) in [6.45, 7) is 2.25. The van der Waals surface area contributed by atoms with Crippen LogP contribution in [0.3, 0.4) is 0 Å². The summed E-state index contributed by atoms with van der Waals surface area (Å²) < 4.78 is 0. The third-order valence-corrected chi connectivity index (χ3v) is 4.23. The van der Waals surface area contributed by atoms with Crippen LogP contribution in [-0.2, 0) is 0 Å². The van der Waals surface area contributed by atoms with E-state index >= 15 is 0 Å². The van der Waals surface area contributed by atoms with Crippen molar-refractivity contribution in [2.75, 3.05) is 7.05 Å². The zero-order chi connectivity index (χ0) is 13.1. The Labute approximate surface area is 114 Å². The normalized spacial score (nSPS) is 23.7. The van der Waals surface area contributed by atoms with Gasteiger partial charge in [0.15, 0.2) is 0 Å². The van der Waals surface area contributed by atoms with Crippen LogP contribution in [-0.4, -0.2) is 23.9 Å². The molecule has 0 heterocycles. The zero-order valence-corrected chi connectivity index (χ0v) is 11.8. The van der Waals surface area contributed by atoms with Crippen LogP contribution in [0, 0.1) is 5.92 Å². The smallest absolute Gasteiger partial charge is 0.253 e. The average molecular weight is 266 g/mol. The number of carbonyl (C=O) groups is 1. The van der Waals surface area contributed by atoms with E-state index in [9.17, 15) is 4.79 Å². The Morgan fingerprint density at radius 1 is 1.22 bits per heavy atom. The fraction of sp³-hybridized carbons (Fsp3) is 0.533. The second kappa shape index (κ2) is 5.75. The van der Waals surface area contributed by atoms with Crippen molar-refractivity contribution in [2.45, 2.75) is 38.6 Å². The molecule has 1 amide bonds. The maximum absolute atomic E-state index is 12.4. The Balaban J connectivity index is 2.10. The molecule has 2 nitrogen and oxygen atoms in total. The first-order chi connectivity index (χ1) is 8.59. The molecule has 1 aromatic rings. The third kappa shape index (κ3) is 2.86. The maximum Gasteiger partial charge on any atom is 0.253 e. The largest absolute Gasteiger partial charge is 0.338 e. The molecule has 1 aliphatic rings. The molecule has 2 rings (SSSR count). The van der Waals surface area contributed by atoms with Crippen LogP contribution in [0.15, 0.2) is 24.3 Å². The Morgan fingerprint density at radius 3 is 2.44 bits per heavy atom. The van der Waals surface area contributed by atoms with E-state index in [0.29, 0.717) is 17.0 Å². The first kappa shape index (κ1) is 13.4. The Morgan fingerprint density at radius 2 is 1.83 bits per heavy atom. The average Bonchev–Trinajstić information content (AvgIpc) is 2.38. The monoisotopic (exact) mass is 265 g/mol. The topological polar surface area (TPSA) is 20.3 Å². The molecule has 98 valence electrons. The van der Waals surface area contributed by atoms with Crippen LogP contribution in [0.5, 0.6) is 0 Å². The van der Waals surface area contributed by atoms with Crippen LogP contribution in [0.1, 0.15) is 43.0 Å². The molecule has 0 N–H and O–H groups in total. The number of carbonyl (C=O) groups excluding carboxylic acids is 1. The highest BCUT2D eigenvalue weighted by Crippen LogP contribution is 2.28. The van der Waals surface area contributed by atoms with Gasteiger partial charge in [0.2, 0.25) is 0 Å². The SMILES string of the molecule is CC1CCCCC1N(C)C(=O)c1ccc(Cl)cc1. The lowest BCUT2D eigenvalue weighted by molar-refractivity contribution is 0.0629. The third-order valence-electron chi connectivity index (χ3n) is 3.98. The van der Waals surface area contributed by atoms with Crippen LogP contribution < -0.4 is 0 Å². The van der Waals surface area contributed by atoms with Crippen LogP contribution >= 0.6 is 11.6 Å². The minimum absolute atomic E-state index is 0.102. The highest BCUT2D eigenvalue weighted by molar-refractivity contribution is 6.30. The molecule has 18 heavy (non-hydrogen) atoms. The van der Waals surface area contributed by atoms with Gasteiger partial charge in [-0.05, 0) is 43.0 Å². The van der Waals surface area contributed by atoms with Gasteiger partial charge < -0.3 is 4.90 Å². The van der Waals surface area contributed by atoms with Gasteiger partial charge in [0.25, 0.3) is 5.91 Å². The van der Waals surface area contributed by atoms with Crippen LogP contribution in [0.2, 0.25) is 5.02 Å². The Kier molecular flexibility index (Phi) is 4.28. The van der Waals surface area contributed by atoms with E-state index < -0.39 is 0 Å². The summed E-state index contributed by atoms with van der Waals surface area (Å²) in [5, 5.41) is 0.667. The minimum Gasteiger partial charge on any atom is -0.338 e. The van der Waals surface area contributed by atoms with Gasteiger partial charge in [-0.3, -0.25) is 4.79 Å². The summed E-state index contributed by atoms with van der Waals surface area (Å²) >= 11 is 5.84. The van der Waals surface area contributed by atoms with Gasteiger partial charge in [-0.2, -0.15) is 0 Å². The van der Waals surface area contributed by atoms with E-state index in [1.54, 1.807) is 24.3 Å². The summed E-state index contributed by atoms with van der Waals surface area (Å²) in [7, 11) is 1.92. The summed E-state index contributed by atoms with van der Waals surface area (Å²) in [5.41, 5.74) is 0.722. The quantitative estimate of drug-likeness (QED) is 0.792. The maximum atomic E-state index is 12.4. The molecule has 3 heteroatoms. The van der Waals surface area contributed by atoms with Crippen LogP contribution in [0.4, 0.5) is 0 Å². The number of nitrogens with zero attached hydrogens (tertiary/aromatic N) is 1.